The van der Waals surface area contributed by atoms with E-state index in [1.807, 2.05) is 18.2 Å². The topological polar surface area (TPSA) is 113 Å². The Labute approximate surface area is 158 Å². The second-order valence-corrected chi connectivity index (χ2v) is 6.14. The highest BCUT2D eigenvalue weighted by atomic mass is 15.1. The highest BCUT2D eigenvalue weighted by molar-refractivity contribution is 5.68. The van der Waals surface area contributed by atoms with Gasteiger partial charge in [-0.25, -0.2) is 9.97 Å². The quantitative estimate of drug-likeness (QED) is 0.580. The van der Waals surface area contributed by atoms with Gasteiger partial charge in [-0.15, -0.1) is 0 Å². The largest absolute Gasteiger partial charge is 0.368 e. The van der Waals surface area contributed by atoms with E-state index < -0.39 is 0 Å². The Hall–Kier alpha value is -3.66. The van der Waals surface area contributed by atoms with E-state index >= 15 is 0 Å². The zero-order chi connectivity index (χ0) is 19.2. The number of benzene rings is 1. The predicted molar refractivity (Wildman–Crippen MR) is 107 cm³/mol. The van der Waals surface area contributed by atoms with Crippen molar-refractivity contribution in [2.75, 3.05) is 29.5 Å². The van der Waals surface area contributed by atoms with E-state index in [0.717, 1.165) is 11.3 Å². The van der Waals surface area contributed by atoms with Crippen LogP contribution in [0.4, 0.5) is 17.6 Å². The second kappa shape index (κ2) is 8.15. The van der Waals surface area contributed by atoms with E-state index in [9.17, 15) is 0 Å². The van der Waals surface area contributed by atoms with Gasteiger partial charge < -0.3 is 16.4 Å². The minimum atomic E-state index is 0.229. The van der Waals surface area contributed by atoms with Crippen molar-refractivity contribution in [3.05, 3.63) is 59.3 Å². The van der Waals surface area contributed by atoms with Gasteiger partial charge >= 0.3 is 0 Å². The minimum absolute atomic E-state index is 0.229. The maximum absolute atomic E-state index is 8.92. The van der Waals surface area contributed by atoms with Crippen LogP contribution in [0, 0.1) is 25.2 Å². The molecule has 136 valence electrons. The van der Waals surface area contributed by atoms with E-state index in [1.165, 1.54) is 11.1 Å². The lowest BCUT2D eigenvalue weighted by Gasteiger charge is -2.12. The number of hydrogen-bond acceptors (Lipinski definition) is 7. The molecule has 1 aromatic carbocycles. The van der Waals surface area contributed by atoms with Gasteiger partial charge in [-0.3, -0.25) is 0 Å². The Bertz CT molecular complexity index is 992. The molecule has 7 nitrogen and oxygen atoms in total. The second-order valence-electron chi connectivity index (χ2n) is 6.14. The number of pyridine rings is 1. The molecule has 0 aliphatic carbocycles. The molecule has 3 rings (SSSR count). The van der Waals surface area contributed by atoms with E-state index in [0.29, 0.717) is 30.3 Å². The summed E-state index contributed by atoms with van der Waals surface area (Å²) >= 11 is 0. The average molecular weight is 359 g/mol. The molecule has 7 heteroatoms. The molecular formula is C20H21N7. The Morgan fingerprint density at radius 1 is 1.04 bits per heavy atom. The molecule has 0 atom stereocenters. The maximum atomic E-state index is 8.92. The third-order valence-corrected chi connectivity index (χ3v) is 4.25. The molecule has 0 aliphatic heterocycles. The van der Waals surface area contributed by atoms with Crippen molar-refractivity contribution in [1.29, 1.82) is 5.26 Å². The highest BCUT2D eigenvalue weighted by Crippen LogP contribution is 2.25. The van der Waals surface area contributed by atoms with Crippen molar-refractivity contribution >= 4 is 17.6 Å². The first-order chi connectivity index (χ1) is 13.1. The molecule has 0 radical (unpaired) electrons. The van der Waals surface area contributed by atoms with E-state index in [4.69, 9.17) is 11.0 Å². The van der Waals surface area contributed by atoms with Crippen LogP contribution in [0.15, 0.2) is 42.6 Å². The molecule has 0 amide bonds. The van der Waals surface area contributed by atoms with Gasteiger partial charge in [0.25, 0.3) is 0 Å². The van der Waals surface area contributed by atoms with Crippen LogP contribution in [0.5, 0.6) is 0 Å². The lowest BCUT2D eigenvalue weighted by Crippen LogP contribution is -2.15. The molecule has 0 aliphatic rings. The third kappa shape index (κ3) is 4.50. The van der Waals surface area contributed by atoms with Crippen LogP contribution in [0.3, 0.4) is 0 Å². The van der Waals surface area contributed by atoms with Gasteiger partial charge in [0, 0.05) is 30.9 Å². The first kappa shape index (κ1) is 18.1. The van der Waals surface area contributed by atoms with Gasteiger partial charge in [0.1, 0.15) is 11.6 Å². The van der Waals surface area contributed by atoms with Crippen LogP contribution in [0.2, 0.25) is 0 Å². The fraction of sp³-hybridized carbons (Fsp3) is 0.200. The zero-order valence-electron chi connectivity index (χ0n) is 15.3. The fourth-order valence-corrected chi connectivity index (χ4v) is 2.70. The lowest BCUT2D eigenvalue weighted by molar-refractivity contribution is 1.04. The molecule has 0 bridgehead atoms. The summed E-state index contributed by atoms with van der Waals surface area (Å²) in [5, 5.41) is 15.3. The number of aryl methyl sites for hydroxylation is 1. The molecule has 4 N–H and O–H groups in total. The summed E-state index contributed by atoms with van der Waals surface area (Å²) in [6.45, 7) is 5.37. The Morgan fingerprint density at radius 2 is 1.81 bits per heavy atom. The number of nitrogens with zero attached hydrogens (tertiary/aromatic N) is 4. The number of anilines is 3. The van der Waals surface area contributed by atoms with Crippen molar-refractivity contribution in [2.24, 2.45) is 0 Å². The van der Waals surface area contributed by atoms with Crippen molar-refractivity contribution in [1.82, 2.24) is 15.0 Å². The first-order valence-electron chi connectivity index (χ1n) is 8.62. The van der Waals surface area contributed by atoms with Crippen molar-refractivity contribution < 1.29 is 0 Å². The SMILES string of the molecule is Cc1cccc(-c2cc(NCCNc3cc(C#N)ccn3)nc(N)n2)c1C. The number of rotatable bonds is 6. The van der Waals surface area contributed by atoms with Crippen LogP contribution in [-0.4, -0.2) is 28.0 Å². The van der Waals surface area contributed by atoms with Gasteiger partial charge in [0.05, 0.1) is 17.3 Å². The fourth-order valence-electron chi connectivity index (χ4n) is 2.70. The molecule has 0 unspecified atom stereocenters. The third-order valence-electron chi connectivity index (χ3n) is 4.25. The highest BCUT2D eigenvalue weighted by Gasteiger charge is 2.08. The Balaban J connectivity index is 1.66. The summed E-state index contributed by atoms with van der Waals surface area (Å²) in [5.74, 6) is 1.56. The number of nitrogens with one attached hydrogen (secondary N) is 2. The monoisotopic (exact) mass is 359 g/mol. The molecular weight excluding hydrogens is 338 g/mol. The number of aromatic nitrogens is 3. The molecule has 2 heterocycles. The van der Waals surface area contributed by atoms with Crippen molar-refractivity contribution in [2.45, 2.75) is 13.8 Å². The van der Waals surface area contributed by atoms with Crippen molar-refractivity contribution in [3.63, 3.8) is 0 Å². The van der Waals surface area contributed by atoms with Crippen LogP contribution >= 0.6 is 0 Å². The number of nitriles is 1. The molecule has 0 spiro atoms. The van der Waals surface area contributed by atoms with Crippen LogP contribution in [0.25, 0.3) is 11.3 Å². The zero-order valence-corrected chi connectivity index (χ0v) is 15.3. The van der Waals surface area contributed by atoms with Crippen LogP contribution in [-0.2, 0) is 0 Å². The molecule has 2 aromatic heterocycles. The summed E-state index contributed by atoms with van der Waals surface area (Å²) in [4.78, 5) is 12.8. The lowest BCUT2D eigenvalue weighted by atomic mass is 10.0. The van der Waals surface area contributed by atoms with Crippen LogP contribution in [0.1, 0.15) is 16.7 Å². The Morgan fingerprint density at radius 3 is 2.59 bits per heavy atom. The summed E-state index contributed by atoms with van der Waals surface area (Å²) in [6.07, 6.45) is 1.61. The summed E-state index contributed by atoms with van der Waals surface area (Å²) in [6, 6.07) is 13.5. The van der Waals surface area contributed by atoms with Gasteiger partial charge in [0.2, 0.25) is 5.95 Å². The van der Waals surface area contributed by atoms with Crippen LogP contribution < -0.4 is 16.4 Å². The number of nitrogen functional groups attached to an aromatic ring is 1. The smallest absolute Gasteiger partial charge is 0.222 e. The number of nitrogens with two attached hydrogens (primary N) is 1. The van der Waals surface area contributed by atoms with Gasteiger partial charge in [-0.2, -0.15) is 10.2 Å². The van der Waals surface area contributed by atoms with E-state index in [-0.39, 0.29) is 5.95 Å². The maximum Gasteiger partial charge on any atom is 0.222 e. The normalized spacial score (nSPS) is 10.3. The number of hydrogen-bond donors (Lipinski definition) is 3. The average Bonchev–Trinajstić information content (AvgIpc) is 2.67. The standard InChI is InChI=1S/C20H21N7/c1-13-4-3-5-16(14(13)2)17-11-19(27-20(22)26-17)25-9-8-24-18-10-15(12-21)6-7-23-18/h3-7,10-11H,8-9H2,1-2H3,(H,23,24)(H3,22,25,26,27). The molecule has 0 saturated carbocycles. The summed E-state index contributed by atoms with van der Waals surface area (Å²) in [5.41, 5.74) is 10.7. The van der Waals surface area contributed by atoms with E-state index in [2.05, 4.69) is 51.6 Å². The Kier molecular flexibility index (Phi) is 5.47. The predicted octanol–water partition coefficient (Wildman–Crippen LogP) is 3.13. The van der Waals surface area contributed by atoms with Crippen molar-refractivity contribution in [3.8, 4) is 17.3 Å². The molecule has 3 aromatic rings. The molecule has 0 saturated heterocycles. The van der Waals surface area contributed by atoms with E-state index in [1.54, 1.807) is 18.3 Å². The molecule has 0 fully saturated rings. The minimum Gasteiger partial charge on any atom is -0.368 e. The van der Waals surface area contributed by atoms with Gasteiger partial charge in [-0.1, -0.05) is 18.2 Å². The summed E-state index contributed by atoms with van der Waals surface area (Å²) in [7, 11) is 0. The summed E-state index contributed by atoms with van der Waals surface area (Å²) < 4.78 is 0. The van der Waals surface area contributed by atoms with Gasteiger partial charge in [0.15, 0.2) is 0 Å². The van der Waals surface area contributed by atoms with Gasteiger partial charge in [-0.05, 0) is 37.1 Å². The molecule has 27 heavy (non-hydrogen) atoms. The first-order valence-corrected chi connectivity index (χ1v) is 8.62.